The van der Waals surface area contributed by atoms with Crippen molar-refractivity contribution in [2.75, 3.05) is 37.5 Å². The Bertz CT molecular complexity index is 453. The summed E-state index contributed by atoms with van der Waals surface area (Å²) in [4.78, 5) is 8.80. The molecule has 1 saturated carbocycles. The van der Waals surface area contributed by atoms with Crippen LogP contribution >= 0.6 is 0 Å². The van der Waals surface area contributed by atoms with Gasteiger partial charge in [-0.3, -0.25) is 0 Å². The summed E-state index contributed by atoms with van der Waals surface area (Å²) in [6, 6.07) is 2.24. The van der Waals surface area contributed by atoms with Gasteiger partial charge in [0.1, 0.15) is 5.82 Å². The molecule has 1 aliphatic heterocycles. The molecule has 6 nitrogen and oxygen atoms in total. The van der Waals surface area contributed by atoms with Gasteiger partial charge in [-0.1, -0.05) is 0 Å². The summed E-state index contributed by atoms with van der Waals surface area (Å²) in [5, 5.41) is 6.71. The van der Waals surface area contributed by atoms with E-state index in [-0.39, 0.29) is 5.60 Å². The summed E-state index contributed by atoms with van der Waals surface area (Å²) >= 11 is 0. The first kappa shape index (κ1) is 14.5. The van der Waals surface area contributed by atoms with Crippen molar-refractivity contribution in [3.8, 4) is 0 Å². The molecule has 1 aromatic heterocycles. The van der Waals surface area contributed by atoms with Crippen LogP contribution in [0.25, 0.3) is 0 Å². The maximum Gasteiger partial charge on any atom is 0.224 e. The fourth-order valence-electron chi connectivity index (χ4n) is 2.85. The summed E-state index contributed by atoms with van der Waals surface area (Å²) in [5.41, 5.74) is -0.0238. The second-order valence-corrected chi connectivity index (χ2v) is 5.92. The molecule has 21 heavy (non-hydrogen) atoms. The molecule has 1 aliphatic carbocycles. The van der Waals surface area contributed by atoms with E-state index in [0.717, 1.165) is 51.3 Å². The Morgan fingerprint density at radius 1 is 1.43 bits per heavy atom. The van der Waals surface area contributed by atoms with E-state index in [1.54, 1.807) is 13.3 Å². The molecule has 6 heteroatoms. The summed E-state index contributed by atoms with van der Waals surface area (Å²) in [5.74, 6) is 1.50. The first-order valence-corrected chi connectivity index (χ1v) is 7.76. The van der Waals surface area contributed by atoms with E-state index in [0.29, 0.717) is 12.0 Å². The maximum atomic E-state index is 5.60. The molecule has 2 heterocycles. The van der Waals surface area contributed by atoms with Gasteiger partial charge in [-0.05, 0) is 38.2 Å². The molecule has 3 rings (SSSR count). The average molecular weight is 292 g/mol. The summed E-state index contributed by atoms with van der Waals surface area (Å²) in [7, 11) is 1.78. The highest BCUT2D eigenvalue weighted by Crippen LogP contribution is 2.34. The zero-order chi connectivity index (χ0) is 14.5. The van der Waals surface area contributed by atoms with Crippen LogP contribution < -0.4 is 10.6 Å². The van der Waals surface area contributed by atoms with Crippen LogP contribution in [0.15, 0.2) is 12.3 Å². The van der Waals surface area contributed by atoms with Gasteiger partial charge in [-0.15, -0.1) is 0 Å². The number of hydrogen-bond donors (Lipinski definition) is 2. The number of nitrogens with one attached hydrogen (secondary N) is 2. The van der Waals surface area contributed by atoms with Crippen LogP contribution in [0.1, 0.15) is 32.1 Å². The third-order valence-corrected chi connectivity index (χ3v) is 4.43. The number of hydrogen-bond acceptors (Lipinski definition) is 6. The number of methoxy groups -OCH3 is 1. The third kappa shape index (κ3) is 3.63. The lowest BCUT2D eigenvalue weighted by Gasteiger charge is -2.40. The van der Waals surface area contributed by atoms with Crippen LogP contribution in [-0.2, 0) is 9.47 Å². The maximum absolute atomic E-state index is 5.60. The second-order valence-electron chi connectivity index (χ2n) is 5.92. The molecule has 0 radical (unpaired) electrons. The van der Waals surface area contributed by atoms with E-state index in [4.69, 9.17) is 9.47 Å². The molecule has 2 aliphatic rings. The number of nitrogens with zero attached hydrogens (tertiary/aromatic N) is 2. The van der Waals surface area contributed by atoms with Crippen LogP contribution in [0.3, 0.4) is 0 Å². The highest BCUT2D eigenvalue weighted by atomic mass is 16.5. The minimum Gasteiger partial charge on any atom is -0.379 e. The van der Waals surface area contributed by atoms with Crippen molar-refractivity contribution in [2.45, 2.75) is 43.7 Å². The van der Waals surface area contributed by atoms with Gasteiger partial charge in [0.05, 0.1) is 18.2 Å². The number of ether oxygens (including phenoxy) is 2. The van der Waals surface area contributed by atoms with Gasteiger partial charge in [0, 0.05) is 26.5 Å². The minimum absolute atomic E-state index is 0.0238. The lowest BCUT2D eigenvalue weighted by Crippen LogP contribution is -2.45. The molecule has 1 atom stereocenters. The van der Waals surface area contributed by atoms with Crippen molar-refractivity contribution in [3.63, 3.8) is 0 Å². The first-order chi connectivity index (χ1) is 10.3. The summed E-state index contributed by atoms with van der Waals surface area (Å²) in [6.07, 6.45) is 7.45. The third-order valence-electron chi connectivity index (χ3n) is 4.43. The van der Waals surface area contributed by atoms with Gasteiger partial charge < -0.3 is 20.1 Å². The smallest absolute Gasteiger partial charge is 0.224 e. The van der Waals surface area contributed by atoms with Crippen molar-refractivity contribution in [2.24, 2.45) is 0 Å². The number of anilines is 2. The Morgan fingerprint density at radius 3 is 3.00 bits per heavy atom. The molecule has 0 unspecified atom stereocenters. The van der Waals surface area contributed by atoms with Crippen molar-refractivity contribution >= 4 is 11.8 Å². The Kier molecular flexibility index (Phi) is 4.55. The lowest BCUT2D eigenvalue weighted by atomic mass is 9.80. The largest absolute Gasteiger partial charge is 0.379 e. The Morgan fingerprint density at radius 2 is 2.33 bits per heavy atom. The van der Waals surface area contributed by atoms with Crippen molar-refractivity contribution in [1.82, 2.24) is 9.97 Å². The molecule has 0 bridgehead atoms. The summed E-state index contributed by atoms with van der Waals surface area (Å²) in [6.45, 7) is 2.38. The zero-order valence-corrected chi connectivity index (χ0v) is 12.6. The Balaban J connectivity index is 1.55. The van der Waals surface area contributed by atoms with E-state index >= 15 is 0 Å². The van der Waals surface area contributed by atoms with Crippen LogP contribution in [0.4, 0.5) is 11.8 Å². The highest BCUT2D eigenvalue weighted by Gasteiger charge is 2.36. The monoisotopic (exact) mass is 292 g/mol. The Hall–Kier alpha value is -1.40. The van der Waals surface area contributed by atoms with E-state index in [2.05, 4.69) is 20.6 Å². The molecule has 0 aromatic carbocycles. The SMILES string of the molecule is COC1(CNc2nccc(N[C@H]3CCCOC3)n2)CCC1. The molecule has 2 fully saturated rings. The van der Waals surface area contributed by atoms with Gasteiger partial charge >= 0.3 is 0 Å². The van der Waals surface area contributed by atoms with Crippen molar-refractivity contribution in [3.05, 3.63) is 12.3 Å². The lowest BCUT2D eigenvalue weighted by molar-refractivity contribution is -0.0602. The molecule has 116 valence electrons. The highest BCUT2D eigenvalue weighted by molar-refractivity contribution is 5.40. The van der Waals surface area contributed by atoms with Gasteiger partial charge in [-0.2, -0.15) is 4.98 Å². The van der Waals surface area contributed by atoms with Crippen LogP contribution in [0, 0.1) is 0 Å². The average Bonchev–Trinajstić information content (AvgIpc) is 2.48. The standard InChI is InChI=1S/C15H24N4O2/c1-20-15(6-3-7-15)11-17-14-16-8-5-13(19-14)18-12-4-2-9-21-10-12/h5,8,12H,2-4,6-7,9-11H2,1H3,(H2,16,17,18,19)/t12-/m0/s1. The predicted molar refractivity (Wildman–Crippen MR) is 81.6 cm³/mol. The zero-order valence-electron chi connectivity index (χ0n) is 12.6. The topological polar surface area (TPSA) is 68.3 Å². The van der Waals surface area contributed by atoms with Gasteiger partial charge in [-0.25, -0.2) is 4.98 Å². The van der Waals surface area contributed by atoms with Crippen molar-refractivity contribution in [1.29, 1.82) is 0 Å². The first-order valence-electron chi connectivity index (χ1n) is 7.76. The van der Waals surface area contributed by atoms with Crippen LogP contribution in [-0.4, -0.2) is 48.5 Å². The number of aromatic nitrogens is 2. The quantitative estimate of drug-likeness (QED) is 0.836. The van der Waals surface area contributed by atoms with E-state index in [9.17, 15) is 0 Å². The molecule has 0 amide bonds. The van der Waals surface area contributed by atoms with E-state index in [1.165, 1.54) is 6.42 Å². The molecule has 0 spiro atoms. The van der Waals surface area contributed by atoms with Crippen LogP contribution in [0.2, 0.25) is 0 Å². The fraction of sp³-hybridized carbons (Fsp3) is 0.733. The molecular formula is C15H24N4O2. The van der Waals surface area contributed by atoms with E-state index in [1.807, 2.05) is 6.07 Å². The summed E-state index contributed by atoms with van der Waals surface area (Å²) < 4.78 is 11.1. The predicted octanol–water partition coefficient (Wildman–Crippen LogP) is 2.05. The Labute approximate surface area is 125 Å². The van der Waals surface area contributed by atoms with Gasteiger partial charge in [0.15, 0.2) is 0 Å². The fourth-order valence-corrected chi connectivity index (χ4v) is 2.85. The van der Waals surface area contributed by atoms with Crippen LogP contribution in [0.5, 0.6) is 0 Å². The van der Waals surface area contributed by atoms with E-state index < -0.39 is 0 Å². The van der Waals surface area contributed by atoms with Crippen molar-refractivity contribution < 1.29 is 9.47 Å². The normalized spacial score (nSPS) is 24.1. The number of rotatable bonds is 6. The van der Waals surface area contributed by atoms with Gasteiger partial charge in [0.2, 0.25) is 5.95 Å². The second kappa shape index (κ2) is 6.58. The molecule has 1 saturated heterocycles. The van der Waals surface area contributed by atoms with Gasteiger partial charge in [0.25, 0.3) is 0 Å². The molecular weight excluding hydrogens is 268 g/mol. The molecule has 2 N–H and O–H groups in total. The minimum atomic E-state index is -0.0238. The molecule has 1 aromatic rings.